The fourth-order valence-electron chi connectivity index (χ4n) is 2.69. The molecule has 0 radical (unpaired) electrons. The summed E-state index contributed by atoms with van der Waals surface area (Å²) >= 11 is 8.52. The molecular weight excluding hydrogens is 378 g/mol. The van der Waals surface area contributed by atoms with Gasteiger partial charge in [0.25, 0.3) is 0 Å². The van der Waals surface area contributed by atoms with E-state index in [-0.39, 0.29) is 17.7 Å². The minimum Gasteiger partial charge on any atom is -0.385 e. The Labute approximate surface area is 152 Å². The standard InChI is InChI=1S/C18H18BrNS.ClH/c19-16-10-4-3-9-15(16)18(21)14-8-2-1-7-13(14)17-11-5-6-12-20-17;/h1-4,7-11,18,20-21H,5-6,12H2;1H. The number of allylic oxidation sites excluding steroid dienone is 1. The fraction of sp³-hybridized carbons (Fsp3) is 0.222. The molecular formula is C18H19BrClNS. The number of hydrogen-bond acceptors (Lipinski definition) is 2. The summed E-state index contributed by atoms with van der Waals surface area (Å²) in [7, 11) is 0. The van der Waals surface area contributed by atoms with Gasteiger partial charge in [-0.1, -0.05) is 64.5 Å². The lowest BCUT2D eigenvalue weighted by Crippen LogP contribution is -2.18. The van der Waals surface area contributed by atoms with Crippen LogP contribution in [0.5, 0.6) is 0 Å². The van der Waals surface area contributed by atoms with E-state index < -0.39 is 0 Å². The van der Waals surface area contributed by atoms with Gasteiger partial charge in [-0.2, -0.15) is 12.6 Å². The van der Waals surface area contributed by atoms with E-state index >= 15 is 0 Å². The molecule has 22 heavy (non-hydrogen) atoms. The van der Waals surface area contributed by atoms with Gasteiger partial charge in [0, 0.05) is 22.3 Å². The van der Waals surface area contributed by atoms with E-state index in [4.69, 9.17) is 12.6 Å². The molecule has 1 N–H and O–H groups in total. The maximum atomic E-state index is 4.88. The Morgan fingerprint density at radius 2 is 1.68 bits per heavy atom. The highest BCUT2D eigenvalue weighted by molar-refractivity contribution is 9.10. The molecule has 2 aromatic carbocycles. The minimum atomic E-state index is 0. The summed E-state index contributed by atoms with van der Waals surface area (Å²) in [4.78, 5) is 0. The molecule has 0 saturated carbocycles. The second kappa shape index (κ2) is 8.09. The van der Waals surface area contributed by atoms with E-state index in [0.29, 0.717) is 0 Å². The molecule has 0 fully saturated rings. The summed E-state index contributed by atoms with van der Waals surface area (Å²) in [6.45, 7) is 1.05. The Morgan fingerprint density at radius 1 is 1.00 bits per heavy atom. The molecule has 0 aliphatic carbocycles. The molecule has 2 aromatic rings. The van der Waals surface area contributed by atoms with Crippen LogP contribution in [-0.4, -0.2) is 6.54 Å². The molecule has 0 spiro atoms. The number of thiol groups is 1. The second-order valence-electron chi connectivity index (χ2n) is 5.20. The Balaban J connectivity index is 0.00000176. The topological polar surface area (TPSA) is 12.0 Å². The highest BCUT2D eigenvalue weighted by atomic mass is 79.9. The van der Waals surface area contributed by atoms with Crippen LogP contribution in [0.3, 0.4) is 0 Å². The molecule has 1 unspecified atom stereocenters. The van der Waals surface area contributed by atoms with Crippen LogP contribution in [0.15, 0.2) is 59.1 Å². The van der Waals surface area contributed by atoms with E-state index in [1.165, 1.54) is 28.8 Å². The normalized spacial score (nSPS) is 15.3. The molecule has 0 saturated heterocycles. The van der Waals surface area contributed by atoms with Crippen LogP contribution < -0.4 is 5.32 Å². The van der Waals surface area contributed by atoms with Gasteiger partial charge in [0.05, 0.1) is 5.25 Å². The maximum Gasteiger partial charge on any atom is 0.0534 e. The summed E-state index contributed by atoms with van der Waals surface area (Å²) in [6, 6.07) is 16.8. The van der Waals surface area contributed by atoms with E-state index in [2.05, 4.69) is 69.8 Å². The van der Waals surface area contributed by atoms with Crippen LogP contribution in [0, 0.1) is 0 Å². The predicted molar refractivity (Wildman–Crippen MR) is 104 cm³/mol. The third kappa shape index (κ3) is 3.70. The first kappa shape index (κ1) is 17.5. The average Bonchev–Trinajstić information content (AvgIpc) is 2.55. The van der Waals surface area contributed by atoms with Crippen molar-refractivity contribution in [3.8, 4) is 0 Å². The van der Waals surface area contributed by atoms with Gasteiger partial charge in [-0.15, -0.1) is 12.4 Å². The van der Waals surface area contributed by atoms with Gasteiger partial charge >= 0.3 is 0 Å². The summed E-state index contributed by atoms with van der Waals surface area (Å²) in [5.74, 6) is 0. The Kier molecular flexibility index (Phi) is 6.42. The lowest BCUT2D eigenvalue weighted by Gasteiger charge is -2.22. The van der Waals surface area contributed by atoms with E-state index in [9.17, 15) is 0 Å². The fourth-order valence-corrected chi connectivity index (χ4v) is 3.83. The molecule has 116 valence electrons. The molecule has 1 atom stereocenters. The summed E-state index contributed by atoms with van der Waals surface area (Å²) in [5, 5.41) is 3.57. The van der Waals surface area contributed by atoms with Crippen LogP contribution >= 0.6 is 41.0 Å². The lowest BCUT2D eigenvalue weighted by molar-refractivity contribution is 0.742. The molecule has 1 heterocycles. The van der Waals surface area contributed by atoms with Crippen LogP contribution in [0.4, 0.5) is 0 Å². The molecule has 1 nitrogen and oxygen atoms in total. The van der Waals surface area contributed by atoms with Gasteiger partial charge in [0.1, 0.15) is 0 Å². The Morgan fingerprint density at radius 3 is 2.36 bits per heavy atom. The monoisotopic (exact) mass is 395 g/mol. The lowest BCUT2D eigenvalue weighted by atomic mass is 9.95. The zero-order valence-electron chi connectivity index (χ0n) is 12.1. The highest BCUT2D eigenvalue weighted by Gasteiger charge is 2.18. The SMILES string of the molecule is Cl.SC(c1ccccc1Br)c1ccccc1C1=CCCCN1. The predicted octanol–water partition coefficient (Wildman–Crippen LogP) is 5.61. The number of benzene rings is 2. The molecule has 3 rings (SSSR count). The van der Waals surface area contributed by atoms with Crippen LogP contribution in [0.25, 0.3) is 5.70 Å². The highest BCUT2D eigenvalue weighted by Crippen LogP contribution is 2.36. The van der Waals surface area contributed by atoms with Crippen molar-refractivity contribution >= 4 is 46.7 Å². The van der Waals surface area contributed by atoms with E-state index in [1.54, 1.807) is 0 Å². The minimum absolute atomic E-state index is 0. The quantitative estimate of drug-likeness (QED) is 0.642. The first-order chi connectivity index (χ1) is 10.3. The zero-order valence-corrected chi connectivity index (χ0v) is 15.4. The number of rotatable bonds is 3. The van der Waals surface area contributed by atoms with Crippen molar-refractivity contribution < 1.29 is 0 Å². The van der Waals surface area contributed by atoms with Gasteiger partial charge in [-0.05, 0) is 30.0 Å². The third-order valence-electron chi connectivity index (χ3n) is 3.79. The zero-order chi connectivity index (χ0) is 14.7. The largest absolute Gasteiger partial charge is 0.385 e. The van der Waals surface area contributed by atoms with Gasteiger partial charge in [0.2, 0.25) is 0 Å². The first-order valence-corrected chi connectivity index (χ1v) is 8.54. The van der Waals surface area contributed by atoms with Gasteiger partial charge < -0.3 is 5.32 Å². The summed E-state index contributed by atoms with van der Waals surface area (Å²) in [5.41, 5.74) is 4.94. The number of nitrogens with one attached hydrogen (secondary N) is 1. The van der Waals surface area contributed by atoms with Crippen molar-refractivity contribution in [3.63, 3.8) is 0 Å². The van der Waals surface area contributed by atoms with Crippen molar-refractivity contribution in [3.05, 3.63) is 75.8 Å². The van der Waals surface area contributed by atoms with Crippen LogP contribution in [-0.2, 0) is 0 Å². The van der Waals surface area contributed by atoms with Crippen LogP contribution in [0.2, 0.25) is 0 Å². The average molecular weight is 397 g/mol. The van der Waals surface area contributed by atoms with Crippen LogP contribution in [0.1, 0.15) is 34.8 Å². The molecule has 0 bridgehead atoms. The van der Waals surface area contributed by atoms with Crippen molar-refractivity contribution in [1.82, 2.24) is 5.32 Å². The number of hydrogen-bond donors (Lipinski definition) is 2. The van der Waals surface area contributed by atoms with Gasteiger partial charge in [0.15, 0.2) is 0 Å². The molecule has 0 aromatic heterocycles. The molecule has 1 aliphatic heterocycles. The van der Waals surface area contributed by atoms with E-state index in [0.717, 1.165) is 17.4 Å². The molecule has 0 amide bonds. The van der Waals surface area contributed by atoms with Crippen molar-refractivity contribution in [1.29, 1.82) is 0 Å². The summed E-state index contributed by atoms with van der Waals surface area (Å²) in [6.07, 6.45) is 4.64. The van der Waals surface area contributed by atoms with Crippen molar-refractivity contribution in [2.45, 2.75) is 18.1 Å². The Bertz CT molecular complexity index is 672. The summed E-state index contributed by atoms with van der Waals surface area (Å²) < 4.78 is 1.10. The second-order valence-corrected chi connectivity index (χ2v) is 6.57. The Hall–Kier alpha value is -0.900. The number of halogens is 2. The van der Waals surface area contributed by atoms with Crippen molar-refractivity contribution in [2.75, 3.05) is 6.54 Å². The maximum absolute atomic E-state index is 4.88. The molecule has 1 aliphatic rings. The third-order valence-corrected chi connectivity index (χ3v) is 5.07. The van der Waals surface area contributed by atoms with Crippen molar-refractivity contribution in [2.24, 2.45) is 0 Å². The van der Waals surface area contributed by atoms with Gasteiger partial charge in [-0.25, -0.2) is 0 Å². The van der Waals surface area contributed by atoms with E-state index in [1.807, 2.05) is 6.07 Å². The molecule has 4 heteroatoms. The van der Waals surface area contributed by atoms with Gasteiger partial charge in [-0.3, -0.25) is 0 Å². The first-order valence-electron chi connectivity index (χ1n) is 7.23. The smallest absolute Gasteiger partial charge is 0.0534 e.